The minimum atomic E-state index is -1.93. The van der Waals surface area contributed by atoms with E-state index >= 15 is 0 Å². The first-order valence-corrected chi connectivity index (χ1v) is 5.86. The van der Waals surface area contributed by atoms with Gasteiger partial charge in [0.05, 0.1) is 0 Å². The average Bonchev–Trinajstić information content (AvgIpc) is 2.14. The molecule has 13 heavy (non-hydrogen) atoms. The van der Waals surface area contributed by atoms with Crippen LogP contribution >= 0.6 is 8.03 Å². The molecule has 0 radical (unpaired) electrons. The van der Waals surface area contributed by atoms with Gasteiger partial charge in [-0.3, -0.25) is 0 Å². The summed E-state index contributed by atoms with van der Waals surface area (Å²) in [7, 11) is -1.93. The highest BCUT2D eigenvalue weighted by Crippen LogP contribution is 2.16. The van der Waals surface area contributed by atoms with Crippen LogP contribution in [-0.4, -0.2) is 11.1 Å². The average molecular weight is 197 g/mol. The molecule has 1 rings (SSSR count). The molecule has 0 aliphatic rings. The van der Waals surface area contributed by atoms with Crippen LogP contribution in [0.25, 0.3) is 0 Å². The number of rotatable bonds is 5. The summed E-state index contributed by atoms with van der Waals surface area (Å²) in [5.74, 6) is 0. The fraction of sp³-hybridized carbons (Fsp3) is 0.400. The monoisotopic (exact) mass is 197 g/mol. The molecule has 0 aliphatic carbocycles. The second-order valence-corrected chi connectivity index (χ2v) is 4.17. The summed E-state index contributed by atoms with van der Waals surface area (Å²) >= 11 is 0. The Morgan fingerprint density at radius 1 is 1.15 bits per heavy atom. The van der Waals surface area contributed by atoms with Crippen molar-refractivity contribution in [2.24, 2.45) is 0 Å². The molecule has 2 nitrogen and oxygen atoms in total. The highest BCUT2D eigenvalue weighted by atomic mass is 31.1. The van der Waals surface area contributed by atoms with Crippen LogP contribution < -0.4 is 0 Å². The minimum Gasteiger partial charge on any atom is -0.161 e. The van der Waals surface area contributed by atoms with Crippen LogP contribution in [0.2, 0.25) is 0 Å². The largest absolute Gasteiger partial charge is 0.505 e. The number of hydrogen-bond acceptors (Lipinski definition) is 1. The van der Waals surface area contributed by atoms with E-state index in [0.717, 1.165) is 19.3 Å². The molecule has 1 aromatic carbocycles. The van der Waals surface area contributed by atoms with E-state index in [4.69, 9.17) is 4.89 Å². The van der Waals surface area contributed by atoms with Crippen molar-refractivity contribution in [3.8, 4) is 0 Å². The first-order valence-electron chi connectivity index (χ1n) is 4.46. The van der Waals surface area contributed by atoms with Gasteiger partial charge in [0.25, 0.3) is 0 Å². The van der Waals surface area contributed by atoms with Crippen molar-refractivity contribution in [1.82, 2.24) is 0 Å². The molecule has 0 bridgehead atoms. The summed E-state index contributed by atoms with van der Waals surface area (Å²) in [6, 6.07) is 10.2. The summed E-state index contributed by atoms with van der Waals surface area (Å²) in [5, 5.41) is 0. The van der Waals surface area contributed by atoms with E-state index in [1.807, 2.05) is 18.2 Å². The zero-order valence-corrected chi connectivity index (χ0v) is 8.41. The predicted molar refractivity (Wildman–Crippen MR) is 54.1 cm³/mol. The zero-order chi connectivity index (χ0) is 9.52. The SMILES string of the molecule is O=[P+](O)CCCCc1ccccc1. The quantitative estimate of drug-likeness (QED) is 0.582. The van der Waals surface area contributed by atoms with Gasteiger partial charge in [-0.1, -0.05) is 30.3 Å². The van der Waals surface area contributed by atoms with E-state index in [0.29, 0.717) is 6.16 Å². The van der Waals surface area contributed by atoms with E-state index in [9.17, 15) is 4.57 Å². The van der Waals surface area contributed by atoms with Gasteiger partial charge < -0.3 is 0 Å². The van der Waals surface area contributed by atoms with Crippen LogP contribution in [0.4, 0.5) is 0 Å². The molecule has 1 atom stereocenters. The van der Waals surface area contributed by atoms with Crippen molar-refractivity contribution in [2.75, 3.05) is 6.16 Å². The molecule has 0 aliphatic heterocycles. The first-order chi connectivity index (χ1) is 6.29. The number of benzene rings is 1. The molecule has 0 amide bonds. The summed E-state index contributed by atoms with van der Waals surface area (Å²) in [4.78, 5) is 8.56. The fourth-order valence-electron chi connectivity index (χ4n) is 1.22. The Morgan fingerprint density at radius 2 is 1.85 bits per heavy atom. The van der Waals surface area contributed by atoms with Crippen LogP contribution in [0, 0.1) is 0 Å². The lowest BCUT2D eigenvalue weighted by atomic mass is 10.1. The molecular weight excluding hydrogens is 183 g/mol. The van der Waals surface area contributed by atoms with Crippen molar-refractivity contribution >= 4 is 8.03 Å². The van der Waals surface area contributed by atoms with Gasteiger partial charge >= 0.3 is 8.03 Å². The second-order valence-electron chi connectivity index (χ2n) is 3.02. The maximum Gasteiger partial charge on any atom is 0.505 e. The van der Waals surface area contributed by atoms with Crippen LogP contribution in [0.3, 0.4) is 0 Å². The van der Waals surface area contributed by atoms with Gasteiger partial charge in [0.1, 0.15) is 0 Å². The third kappa shape index (κ3) is 4.76. The van der Waals surface area contributed by atoms with E-state index < -0.39 is 8.03 Å². The molecular formula is C10H14O2P+. The van der Waals surface area contributed by atoms with Crippen LogP contribution in [0.5, 0.6) is 0 Å². The van der Waals surface area contributed by atoms with Gasteiger partial charge in [0, 0.05) is 0 Å². The van der Waals surface area contributed by atoms with Gasteiger partial charge in [0.2, 0.25) is 0 Å². The standard InChI is InChI=1S/C10H13O2P/c11-13(12)9-5-4-8-10-6-2-1-3-7-10/h1-3,6-7H,4-5,8-9H2/p+1. The number of unbranched alkanes of at least 4 members (excludes halogenated alkanes) is 1. The van der Waals surface area contributed by atoms with Crippen LogP contribution in [-0.2, 0) is 11.0 Å². The lowest BCUT2D eigenvalue weighted by Gasteiger charge is -1.96. The highest BCUT2D eigenvalue weighted by Gasteiger charge is 2.07. The second kappa shape index (κ2) is 5.85. The van der Waals surface area contributed by atoms with Crippen molar-refractivity contribution in [3.05, 3.63) is 35.9 Å². The third-order valence-corrected chi connectivity index (χ3v) is 2.61. The van der Waals surface area contributed by atoms with Crippen molar-refractivity contribution in [3.63, 3.8) is 0 Å². The Labute approximate surface area is 79.5 Å². The molecule has 70 valence electrons. The fourth-order valence-corrected chi connectivity index (χ4v) is 1.71. The summed E-state index contributed by atoms with van der Waals surface area (Å²) in [6.45, 7) is 0. The van der Waals surface area contributed by atoms with Gasteiger partial charge in [-0.15, -0.1) is 0 Å². The van der Waals surface area contributed by atoms with E-state index in [1.165, 1.54) is 5.56 Å². The smallest absolute Gasteiger partial charge is 0.161 e. The lowest BCUT2D eigenvalue weighted by molar-refractivity contribution is 0.500. The summed E-state index contributed by atoms with van der Waals surface area (Å²) in [5.41, 5.74) is 1.30. The molecule has 0 saturated heterocycles. The normalized spacial score (nSPS) is 11.3. The van der Waals surface area contributed by atoms with Crippen molar-refractivity contribution in [1.29, 1.82) is 0 Å². The van der Waals surface area contributed by atoms with Crippen LogP contribution in [0.15, 0.2) is 30.3 Å². The van der Waals surface area contributed by atoms with E-state index in [1.54, 1.807) is 0 Å². The molecule has 1 unspecified atom stereocenters. The predicted octanol–water partition coefficient (Wildman–Crippen LogP) is 2.74. The summed E-state index contributed by atoms with van der Waals surface area (Å²) in [6.07, 6.45) is 3.26. The minimum absolute atomic E-state index is 0.433. The van der Waals surface area contributed by atoms with Gasteiger partial charge in [-0.25, -0.2) is 0 Å². The third-order valence-electron chi connectivity index (χ3n) is 1.91. The van der Waals surface area contributed by atoms with Crippen molar-refractivity contribution < 1.29 is 9.46 Å². The molecule has 1 N–H and O–H groups in total. The molecule has 0 saturated carbocycles. The molecule has 0 heterocycles. The van der Waals surface area contributed by atoms with E-state index in [2.05, 4.69) is 12.1 Å². The van der Waals surface area contributed by atoms with Crippen LogP contribution in [0.1, 0.15) is 18.4 Å². The highest BCUT2D eigenvalue weighted by molar-refractivity contribution is 7.37. The number of hydrogen-bond donors (Lipinski definition) is 1. The van der Waals surface area contributed by atoms with Gasteiger partial charge in [-0.2, -0.15) is 4.89 Å². The topological polar surface area (TPSA) is 37.3 Å². The molecule has 1 aromatic rings. The van der Waals surface area contributed by atoms with Crippen molar-refractivity contribution in [2.45, 2.75) is 19.3 Å². The molecule has 3 heteroatoms. The summed E-state index contributed by atoms with van der Waals surface area (Å²) < 4.78 is 10.4. The molecule has 0 spiro atoms. The molecule has 0 aromatic heterocycles. The molecule has 0 fully saturated rings. The Balaban J connectivity index is 2.17. The van der Waals surface area contributed by atoms with E-state index in [-0.39, 0.29) is 0 Å². The Morgan fingerprint density at radius 3 is 2.46 bits per heavy atom. The first kappa shape index (κ1) is 10.4. The van der Waals surface area contributed by atoms with Gasteiger partial charge in [-0.05, 0) is 29.4 Å². The maximum atomic E-state index is 10.4. The zero-order valence-electron chi connectivity index (χ0n) is 7.52. The maximum absolute atomic E-state index is 10.4. The lowest BCUT2D eigenvalue weighted by Crippen LogP contribution is -1.86. The van der Waals surface area contributed by atoms with Gasteiger partial charge in [0.15, 0.2) is 6.16 Å². The Kier molecular flexibility index (Phi) is 4.66. The Hall–Kier alpha value is -0.720. The Bertz CT molecular complexity index is 259. The number of aryl methyl sites for hydroxylation is 1.